The highest BCUT2D eigenvalue weighted by atomic mass is 16.5. The topological polar surface area (TPSA) is 38.6 Å². The molecular weight excluding hydrogens is 202 g/mol. The van der Waals surface area contributed by atoms with Gasteiger partial charge in [-0.2, -0.15) is 0 Å². The molecule has 2 aromatic heterocycles. The smallest absolute Gasteiger partial charge is 0.199 e. The maximum atomic E-state index is 5.69. The molecule has 0 saturated carbocycles. The van der Waals surface area contributed by atoms with Crippen molar-refractivity contribution in [2.75, 3.05) is 13.2 Å². The third-order valence-corrected chi connectivity index (χ3v) is 2.30. The summed E-state index contributed by atoms with van der Waals surface area (Å²) in [6, 6.07) is 6.35. The Morgan fingerprint density at radius 3 is 3.12 bits per heavy atom. The van der Waals surface area contributed by atoms with Crippen LogP contribution in [0.5, 0.6) is 5.88 Å². The molecule has 0 unspecified atom stereocenters. The largest absolute Gasteiger partial charge is 0.477 e. The summed E-state index contributed by atoms with van der Waals surface area (Å²) in [6.45, 7) is 5.76. The van der Waals surface area contributed by atoms with E-state index in [-0.39, 0.29) is 0 Å². The zero-order valence-electron chi connectivity index (χ0n) is 9.68. The summed E-state index contributed by atoms with van der Waals surface area (Å²) in [4.78, 5) is 4.20. The van der Waals surface area contributed by atoms with Gasteiger partial charge in [0.15, 0.2) is 5.88 Å². The van der Waals surface area contributed by atoms with Gasteiger partial charge in [0.1, 0.15) is 12.3 Å². The first-order valence-electron chi connectivity index (χ1n) is 5.55. The second kappa shape index (κ2) is 4.99. The van der Waals surface area contributed by atoms with E-state index in [4.69, 9.17) is 4.74 Å². The number of rotatable bonds is 5. The minimum atomic E-state index is 0.493. The van der Waals surface area contributed by atoms with Crippen molar-refractivity contribution in [1.29, 1.82) is 0 Å². The molecule has 0 bridgehead atoms. The van der Waals surface area contributed by atoms with Crippen molar-refractivity contribution in [2.24, 2.45) is 0 Å². The summed E-state index contributed by atoms with van der Waals surface area (Å²) in [7, 11) is 0. The van der Waals surface area contributed by atoms with Gasteiger partial charge in [-0.3, -0.25) is 4.40 Å². The molecule has 0 amide bonds. The predicted octanol–water partition coefficient (Wildman–Crippen LogP) is 1.71. The first-order valence-corrected chi connectivity index (χ1v) is 5.55. The van der Waals surface area contributed by atoms with Gasteiger partial charge in [-0.1, -0.05) is 19.9 Å². The fraction of sp³-hybridized carbons (Fsp3) is 0.417. The number of nitrogens with zero attached hydrogens (tertiary/aromatic N) is 2. The maximum Gasteiger partial charge on any atom is 0.199 e. The van der Waals surface area contributed by atoms with E-state index in [1.807, 2.05) is 28.8 Å². The van der Waals surface area contributed by atoms with Crippen LogP contribution in [0.25, 0.3) is 5.65 Å². The molecule has 0 spiro atoms. The highest BCUT2D eigenvalue weighted by molar-refractivity contribution is 5.41. The molecule has 0 radical (unpaired) electrons. The zero-order valence-corrected chi connectivity index (χ0v) is 9.68. The van der Waals surface area contributed by atoms with Gasteiger partial charge in [0.05, 0.1) is 0 Å². The van der Waals surface area contributed by atoms with E-state index >= 15 is 0 Å². The summed E-state index contributed by atoms with van der Waals surface area (Å²) in [5, 5.41) is 3.31. The molecule has 0 aromatic carbocycles. The summed E-state index contributed by atoms with van der Waals surface area (Å²) in [6.07, 6.45) is 3.68. The van der Waals surface area contributed by atoms with E-state index < -0.39 is 0 Å². The van der Waals surface area contributed by atoms with E-state index in [9.17, 15) is 0 Å². The van der Waals surface area contributed by atoms with Crippen LogP contribution in [0.3, 0.4) is 0 Å². The Labute approximate surface area is 95.3 Å². The van der Waals surface area contributed by atoms with Crippen molar-refractivity contribution >= 4 is 5.65 Å². The van der Waals surface area contributed by atoms with E-state index in [1.54, 1.807) is 6.20 Å². The van der Waals surface area contributed by atoms with Crippen LogP contribution >= 0.6 is 0 Å². The summed E-state index contributed by atoms with van der Waals surface area (Å²) >= 11 is 0. The third-order valence-electron chi connectivity index (χ3n) is 2.30. The first-order chi connectivity index (χ1) is 7.77. The first kappa shape index (κ1) is 11.0. The van der Waals surface area contributed by atoms with Crippen LogP contribution in [-0.4, -0.2) is 28.6 Å². The molecule has 0 aliphatic carbocycles. The summed E-state index contributed by atoms with van der Waals surface area (Å²) in [5.74, 6) is 0.834. The standard InChI is InChI=1S/C12H17N3O/c1-10(2)13-7-9-16-12-5-3-4-11-14-6-8-15(11)12/h3-6,8,10,13H,7,9H2,1-2H3. The Morgan fingerprint density at radius 1 is 1.44 bits per heavy atom. The van der Waals surface area contributed by atoms with Crippen molar-refractivity contribution in [1.82, 2.24) is 14.7 Å². The number of nitrogens with one attached hydrogen (secondary N) is 1. The molecule has 0 fully saturated rings. The van der Waals surface area contributed by atoms with Gasteiger partial charge in [0.25, 0.3) is 0 Å². The zero-order chi connectivity index (χ0) is 11.4. The van der Waals surface area contributed by atoms with Gasteiger partial charge in [0.2, 0.25) is 0 Å². The minimum Gasteiger partial charge on any atom is -0.477 e. The van der Waals surface area contributed by atoms with Crippen molar-refractivity contribution in [3.8, 4) is 5.88 Å². The number of ether oxygens (including phenoxy) is 1. The van der Waals surface area contributed by atoms with Gasteiger partial charge < -0.3 is 10.1 Å². The number of hydrogen-bond donors (Lipinski definition) is 1. The normalized spacial score (nSPS) is 11.2. The Hall–Kier alpha value is -1.55. The number of pyridine rings is 1. The van der Waals surface area contributed by atoms with Crippen LogP contribution in [0.2, 0.25) is 0 Å². The Kier molecular flexibility index (Phi) is 3.41. The van der Waals surface area contributed by atoms with E-state index in [0.29, 0.717) is 12.6 Å². The molecule has 0 atom stereocenters. The van der Waals surface area contributed by atoms with Gasteiger partial charge in [-0.05, 0) is 12.1 Å². The lowest BCUT2D eigenvalue weighted by molar-refractivity contribution is 0.294. The van der Waals surface area contributed by atoms with Crippen LogP contribution in [0.4, 0.5) is 0 Å². The van der Waals surface area contributed by atoms with Crippen molar-refractivity contribution in [3.05, 3.63) is 30.6 Å². The van der Waals surface area contributed by atoms with Crippen LogP contribution in [0, 0.1) is 0 Å². The van der Waals surface area contributed by atoms with Crippen molar-refractivity contribution in [3.63, 3.8) is 0 Å². The molecule has 2 aromatic rings. The molecule has 0 aliphatic heterocycles. The Balaban J connectivity index is 1.96. The van der Waals surface area contributed by atoms with E-state index in [0.717, 1.165) is 18.1 Å². The quantitative estimate of drug-likeness (QED) is 0.778. The Morgan fingerprint density at radius 2 is 2.31 bits per heavy atom. The number of hydrogen-bond acceptors (Lipinski definition) is 3. The molecule has 2 rings (SSSR count). The fourth-order valence-electron chi connectivity index (χ4n) is 1.54. The lowest BCUT2D eigenvalue weighted by atomic mass is 10.4. The second-order valence-electron chi connectivity index (χ2n) is 3.98. The minimum absolute atomic E-state index is 0.493. The monoisotopic (exact) mass is 219 g/mol. The molecule has 1 N–H and O–H groups in total. The van der Waals surface area contributed by atoms with Gasteiger partial charge >= 0.3 is 0 Å². The molecule has 16 heavy (non-hydrogen) atoms. The summed E-state index contributed by atoms with van der Waals surface area (Å²) < 4.78 is 7.63. The number of imidazole rings is 1. The third kappa shape index (κ3) is 2.52. The summed E-state index contributed by atoms with van der Waals surface area (Å²) in [5.41, 5.74) is 0.911. The lowest BCUT2D eigenvalue weighted by Gasteiger charge is -2.10. The van der Waals surface area contributed by atoms with Crippen molar-refractivity contribution < 1.29 is 4.74 Å². The second-order valence-corrected chi connectivity index (χ2v) is 3.98. The fourth-order valence-corrected chi connectivity index (χ4v) is 1.54. The number of aromatic nitrogens is 2. The molecular formula is C12H17N3O. The average molecular weight is 219 g/mol. The molecule has 4 nitrogen and oxygen atoms in total. The molecule has 86 valence electrons. The predicted molar refractivity (Wildman–Crippen MR) is 63.8 cm³/mol. The average Bonchev–Trinajstić information content (AvgIpc) is 2.72. The van der Waals surface area contributed by atoms with Gasteiger partial charge in [0, 0.05) is 25.0 Å². The molecule has 2 heterocycles. The van der Waals surface area contributed by atoms with Gasteiger partial charge in [-0.25, -0.2) is 4.98 Å². The van der Waals surface area contributed by atoms with Gasteiger partial charge in [-0.15, -0.1) is 0 Å². The molecule has 4 heteroatoms. The molecule has 0 aliphatic rings. The SMILES string of the molecule is CC(C)NCCOc1cccc2nccn12. The highest BCUT2D eigenvalue weighted by Crippen LogP contribution is 2.12. The van der Waals surface area contributed by atoms with Crippen molar-refractivity contribution in [2.45, 2.75) is 19.9 Å². The Bertz CT molecular complexity index is 450. The maximum absolute atomic E-state index is 5.69. The lowest BCUT2D eigenvalue weighted by Crippen LogP contribution is -2.27. The van der Waals surface area contributed by atoms with Crippen LogP contribution in [0.1, 0.15) is 13.8 Å². The number of fused-ring (bicyclic) bond motifs is 1. The van der Waals surface area contributed by atoms with E-state index in [2.05, 4.69) is 24.1 Å². The van der Waals surface area contributed by atoms with Crippen LogP contribution < -0.4 is 10.1 Å². The van der Waals surface area contributed by atoms with Crippen LogP contribution in [-0.2, 0) is 0 Å². The molecule has 0 saturated heterocycles. The van der Waals surface area contributed by atoms with E-state index in [1.165, 1.54) is 0 Å². The van der Waals surface area contributed by atoms with Crippen LogP contribution in [0.15, 0.2) is 30.6 Å². The highest BCUT2D eigenvalue weighted by Gasteiger charge is 2.00.